The zero-order valence-electron chi connectivity index (χ0n) is 68.7. The number of para-hydroxylation sites is 1. The van der Waals surface area contributed by atoms with Crippen molar-refractivity contribution in [1.29, 1.82) is 5.41 Å². The topological polar surface area (TPSA) is 417 Å². The Hall–Kier alpha value is -11.9. The molecule has 2 aromatic heterocycles. The van der Waals surface area contributed by atoms with E-state index in [4.69, 9.17) is 35.1 Å². The van der Waals surface area contributed by atoms with Crippen molar-refractivity contribution in [3.8, 4) is 5.75 Å². The summed E-state index contributed by atoms with van der Waals surface area (Å²) >= 11 is 0. The fourth-order valence-electron chi connectivity index (χ4n) is 13.4. The van der Waals surface area contributed by atoms with Crippen LogP contribution >= 0.6 is 0 Å². The normalized spacial score (nSPS) is 15.1. The number of amides is 9. The van der Waals surface area contributed by atoms with Gasteiger partial charge in [0.15, 0.2) is 5.96 Å². The minimum Gasteiger partial charge on any atom is -0.488 e. The van der Waals surface area contributed by atoms with Crippen LogP contribution in [0.1, 0.15) is 169 Å². The Morgan fingerprint density at radius 2 is 1.04 bits per heavy atom. The van der Waals surface area contributed by atoms with Gasteiger partial charge in [0.1, 0.15) is 76.4 Å². The minimum absolute atomic E-state index is 0.0473. The minimum atomic E-state index is -1.74. The van der Waals surface area contributed by atoms with Crippen LogP contribution in [0.5, 0.6) is 5.75 Å². The zero-order valence-corrected chi connectivity index (χ0v) is 68.7. The monoisotopic (exact) mass is 1600 g/mol. The van der Waals surface area contributed by atoms with Crippen LogP contribution in [0.3, 0.4) is 0 Å². The van der Waals surface area contributed by atoms with E-state index in [0.717, 1.165) is 21.6 Å². The molecule has 7 aromatic rings. The third kappa shape index (κ3) is 25.3. The van der Waals surface area contributed by atoms with Crippen LogP contribution in [0.2, 0.25) is 0 Å². The van der Waals surface area contributed by atoms with Crippen molar-refractivity contribution in [2.45, 2.75) is 232 Å². The number of carboxylic acids is 1. The Labute approximate surface area is 676 Å². The van der Waals surface area contributed by atoms with E-state index in [9.17, 15) is 33.9 Å². The number of fused-ring (bicyclic) bond motifs is 1. The molecule has 0 aliphatic carbocycles. The molecule has 12 N–H and O–H groups in total. The molecule has 5 aromatic carbocycles. The van der Waals surface area contributed by atoms with Gasteiger partial charge in [0.05, 0.1) is 29.7 Å². The maximum Gasteiger partial charge on any atom is 0.419 e. The molecule has 1 fully saturated rings. The molecule has 1 saturated heterocycles. The number of aromatic nitrogens is 3. The molecule has 0 saturated carbocycles. The van der Waals surface area contributed by atoms with Crippen LogP contribution in [-0.2, 0) is 82.2 Å². The number of hydrogen-bond donors (Lipinski definition) is 11. The summed E-state index contributed by atoms with van der Waals surface area (Å²) in [4.78, 5) is 165. The number of imidazole rings is 1. The number of guanidine groups is 1. The lowest BCUT2D eigenvalue weighted by Crippen LogP contribution is -2.61. The lowest BCUT2D eigenvalue weighted by atomic mass is 9.77. The molecule has 116 heavy (non-hydrogen) atoms. The van der Waals surface area contributed by atoms with Crippen LogP contribution in [0.4, 0.5) is 9.59 Å². The van der Waals surface area contributed by atoms with E-state index < -0.39 is 155 Å². The van der Waals surface area contributed by atoms with Gasteiger partial charge in [0.25, 0.3) is 0 Å². The van der Waals surface area contributed by atoms with Gasteiger partial charge in [-0.15, -0.1) is 0 Å². The summed E-state index contributed by atoms with van der Waals surface area (Å²) in [5.74, 6) is -8.55. The van der Waals surface area contributed by atoms with Crippen LogP contribution in [0.15, 0.2) is 158 Å². The van der Waals surface area contributed by atoms with Gasteiger partial charge in [-0.25, -0.2) is 24.3 Å². The molecule has 0 bridgehead atoms. The van der Waals surface area contributed by atoms with Gasteiger partial charge < -0.3 is 76.9 Å². The van der Waals surface area contributed by atoms with Crippen molar-refractivity contribution < 1.29 is 76.8 Å². The van der Waals surface area contributed by atoms with Gasteiger partial charge >= 0.3 is 18.2 Å². The van der Waals surface area contributed by atoms with Crippen LogP contribution in [0.25, 0.3) is 10.9 Å². The maximum absolute atomic E-state index is 16.0. The number of nitrogens with zero attached hydrogens (tertiary/aromatic N) is 4. The van der Waals surface area contributed by atoms with Crippen molar-refractivity contribution in [2.75, 3.05) is 13.2 Å². The predicted octanol–water partition coefficient (Wildman–Crippen LogP) is 8.22. The zero-order chi connectivity index (χ0) is 85.2. The summed E-state index contributed by atoms with van der Waals surface area (Å²) < 4.78 is 27.0. The summed E-state index contributed by atoms with van der Waals surface area (Å²) in [6.07, 6.45) is 1.76. The van der Waals surface area contributed by atoms with E-state index in [1.54, 1.807) is 137 Å². The highest BCUT2D eigenvalue weighted by atomic mass is 16.6. The number of carbonyl (C=O) groups excluding carboxylic acids is 10. The SMILES string of the molecule is CC(C)C[C@H](NC(=O)[C@@H](C)NC(=O)[C@H](Cc1ccc(OC(C)(C)C)cc1)NC(=O)[C@H](COC(C)(C)C)NC(=O)[C@H](Cc1cn(C(=O)OC(C)(C)C)c2ccccc12)NC(=O)[C@H](Cc1cn(C(c2ccccc2)(c2ccccc2)c2ccccc2)cn1)NC(=O)[C@@H]1CCC(=O)N1C(=O)OC(C)(C)C)C(=O)N[C@@H](CCCNC(=N)N)C(=O)O. The standard InChI is InChI=1S/C86H112N14O16/c1-52(2)44-63(73(104)92-62(78(109)110)35-27-43-89-79(87)88)93-71(102)53(3)91-72(103)64(45-54-37-39-60(40-38-54)114-83(7,8)9)94-76(107)67(50-113-82(4,5)6)97-74(105)65(46-55-48-99(80(111)115-84(10,11)12)68-36-26-25-34-61(55)68)95-75(106)66(96-77(108)69-41-42-70(101)100(69)81(112)116-85(13,14)15)47-59-49-98(51-90-59)86(56-28-19-16-20-29-56,57-30-21-17-22-31-57)58-32-23-18-24-33-58/h16-26,28-34,36-40,48-49,51-53,62-67,69H,27,35,41-47,50H2,1-15H3,(H,91,103)(H,92,104)(H,93,102)(H,94,107)(H,95,106)(H,96,108)(H,97,105)(H,109,110)(H4,87,88,89)/t53-,62+,63+,64+,65+,66+,67+,69+/m1/s1. The number of carbonyl (C=O) groups is 11. The number of benzene rings is 5. The fourth-order valence-corrected chi connectivity index (χ4v) is 13.4. The Kier molecular flexibility index (Phi) is 30.1. The van der Waals surface area contributed by atoms with Gasteiger partial charge in [0.2, 0.25) is 47.3 Å². The molecule has 9 amide bonds. The van der Waals surface area contributed by atoms with E-state index in [2.05, 4.69) is 42.5 Å². The second-order valence-corrected chi connectivity index (χ2v) is 33.3. The Morgan fingerprint density at radius 3 is 1.58 bits per heavy atom. The Morgan fingerprint density at radius 1 is 0.552 bits per heavy atom. The molecule has 30 heteroatoms. The summed E-state index contributed by atoms with van der Waals surface area (Å²) in [5.41, 5.74) is 4.58. The van der Waals surface area contributed by atoms with Crippen molar-refractivity contribution in [3.63, 3.8) is 0 Å². The molecule has 622 valence electrons. The highest BCUT2D eigenvalue weighted by Crippen LogP contribution is 2.41. The van der Waals surface area contributed by atoms with Crippen LogP contribution in [0, 0.1) is 11.3 Å². The largest absolute Gasteiger partial charge is 0.488 e. The van der Waals surface area contributed by atoms with E-state index in [0.29, 0.717) is 27.8 Å². The average molecular weight is 1600 g/mol. The van der Waals surface area contributed by atoms with Crippen molar-refractivity contribution >= 4 is 82.3 Å². The van der Waals surface area contributed by atoms with Crippen LogP contribution < -0.4 is 53.0 Å². The number of ether oxygens (including phenoxy) is 4. The highest BCUT2D eigenvalue weighted by molar-refractivity contribution is 6.03. The number of hydrogen-bond acceptors (Lipinski definition) is 17. The fraction of sp³-hybridized carbons (Fsp3) is 0.453. The molecule has 30 nitrogen and oxygen atoms in total. The van der Waals surface area contributed by atoms with E-state index in [-0.39, 0.29) is 69.1 Å². The number of aliphatic carboxylic acids is 1. The van der Waals surface area contributed by atoms with Crippen molar-refractivity contribution in [2.24, 2.45) is 11.7 Å². The molecule has 8 atom stereocenters. The Balaban J connectivity index is 1.19. The summed E-state index contributed by atoms with van der Waals surface area (Å²) in [6, 6.07) is 30.4. The number of nitrogens with two attached hydrogens (primary N) is 1. The molecular formula is C86H112N14O16. The molecular weight excluding hydrogens is 1490 g/mol. The number of rotatable bonds is 34. The number of carboxylic acid groups (broad SMARTS) is 1. The van der Waals surface area contributed by atoms with Gasteiger partial charge in [-0.1, -0.05) is 135 Å². The van der Waals surface area contributed by atoms with Gasteiger partial charge in [0, 0.05) is 50.0 Å². The summed E-state index contributed by atoms with van der Waals surface area (Å²) in [5, 5.41) is 39.6. The second-order valence-electron chi connectivity index (χ2n) is 33.3. The number of likely N-dealkylation sites (tertiary alicyclic amines) is 1. The molecule has 0 spiro atoms. The summed E-state index contributed by atoms with van der Waals surface area (Å²) in [7, 11) is 0. The first-order valence-electron chi connectivity index (χ1n) is 38.9. The molecule has 3 heterocycles. The van der Waals surface area contributed by atoms with E-state index >= 15 is 24.0 Å². The van der Waals surface area contributed by atoms with Gasteiger partial charge in [-0.05, 0) is 168 Å². The number of imide groups is 1. The first-order valence-corrected chi connectivity index (χ1v) is 38.9. The van der Waals surface area contributed by atoms with Crippen LogP contribution in [-0.4, -0.2) is 179 Å². The molecule has 0 unspecified atom stereocenters. The van der Waals surface area contributed by atoms with E-state index in [1.165, 1.54) is 17.7 Å². The van der Waals surface area contributed by atoms with Gasteiger partial charge in [-0.2, -0.15) is 0 Å². The second kappa shape index (κ2) is 38.9. The first kappa shape index (κ1) is 89.6. The highest BCUT2D eigenvalue weighted by Gasteiger charge is 2.45. The molecule has 1 aliphatic heterocycles. The molecule has 1 aliphatic rings. The average Bonchev–Trinajstić information content (AvgIpc) is 1.27. The maximum atomic E-state index is 16.0. The lowest BCUT2D eigenvalue weighted by molar-refractivity contribution is -0.142. The van der Waals surface area contributed by atoms with Crippen molar-refractivity contribution in [3.05, 3.63) is 192 Å². The Bertz CT molecular complexity index is 4520. The predicted molar refractivity (Wildman–Crippen MR) is 436 cm³/mol. The van der Waals surface area contributed by atoms with E-state index in [1.807, 2.05) is 116 Å². The third-order valence-electron chi connectivity index (χ3n) is 18.6. The first-order chi connectivity index (χ1) is 54.5. The molecule has 8 rings (SSSR count). The van der Waals surface area contributed by atoms with Gasteiger partial charge in [-0.3, -0.25) is 48.3 Å². The quantitative estimate of drug-likeness (QED) is 0.00783. The molecule has 0 radical (unpaired) electrons. The summed E-state index contributed by atoms with van der Waals surface area (Å²) in [6.45, 7) is 25.1. The smallest absolute Gasteiger partial charge is 0.419 e. The third-order valence-corrected chi connectivity index (χ3v) is 18.6. The lowest BCUT2D eigenvalue weighted by Gasteiger charge is -2.37. The number of nitrogens with one attached hydrogen (secondary N) is 9. The van der Waals surface area contributed by atoms with Crippen molar-refractivity contribution in [1.82, 2.24) is 61.6 Å².